The van der Waals surface area contributed by atoms with Crippen molar-refractivity contribution in [1.82, 2.24) is 24.7 Å². The molecule has 7 heteroatoms. The van der Waals surface area contributed by atoms with Gasteiger partial charge < -0.3 is 14.6 Å². The van der Waals surface area contributed by atoms with E-state index in [4.69, 9.17) is 4.74 Å². The number of imidazole rings is 1. The zero-order chi connectivity index (χ0) is 16.5. The SMILES string of the molecule is CC(C)n1cnc(-c2n[nH]c3ccnc(NC4CCOCC4)c23)c1. The lowest BCUT2D eigenvalue weighted by molar-refractivity contribution is 0.0904. The first-order valence-electron chi connectivity index (χ1n) is 8.43. The van der Waals surface area contributed by atoms with Gasteiger partial charge in [0, 0.05) is 37.7 Å². The van der Waals surface area contributed by atoms with Crippen LogP contribution in [0.1, 0.15) is 32.7 Å². The standard InChI is InChI=1S/C17H22N6O/c1-11(2)23-9-14(19-10-23)16-15-13(21-22-16)3-6-18-17(15)20-12-4-7-24-8-5-12/h3,6,9-12H,4-5,7-8H2,1-2H3,(H,18,20)(H,21,22). The minimum Gasteiger partial charge on any atom is -0.381 e. The predicted molar refractivity (Wildman–Crippen MR) is 93.0 cm³/mol. The highest BCUT2D eigenvalue weighted by molar-refractivity contribution is 5.99. The third kappa shape index (κ3) is 2.75. The van der Waals surface area contributed by atoms with Crippen LogP contribution in [0.25, 0.3) is 22.3 Å². The molecule has 0 radical (unpaired) electrons. The molecule has 0 amide bonds. The van der Waals surface area contributed by atoms with Crippen molar-refractivity contribution in [3.8, 4) is 11.4 Å². The van der Waals surface area contributed by atoms with Crippen molar-refractivity contribution >= 4 is 16.7 Å². The lowest BCUT2D eigenvalue weighted by Crippen LogP contribution is -2.28. The fourth-order valence-corrected chi connectivity index (χ4v) is 3.04. The van der Waals surface area contributed by atoms with Gasteiger partial charge in [0.15, 0.2) is 0 Å². The second-order valence-electron chi connectivity index (χ2n) is 6.49. The number of fused-ring (bicyclic) bond motifs is 1. The van der Waals surface area contributed by atoms with E-state index in [-0.39, 0.29) is 0 Å². The number of aromatic nitrogens is 5. The first kappa shape index (κ1) is 15.1. The monoisotopic (exact) mass is 326 g/mol. The molecule has 1 aliphatic heterocycles. The maximum Gasteiger partial charge on any atom is 0.137 e. The molecule has 1 aliphatic rings. The summed E-state index contributed by atoms with van der Waals surface area (Å²) in [5.74, 6) is 0.863. The highest BCUT2D eigenvalue weighted by Gasteiger charge is 2.19. The molecular formula is C17H22N6O. The van der Waals surface area contributed by atoms with E-state index < -0.39 is 0 Å². The number of hydrogen-bond acceptors (Lipinski definition) is 5. The maximum atomic E-state index is 5.44. The number of nitrogens with zero attached hydrogens (tertiary/aromatic N) is 4. The van der Waals surface area contributed by atoms with Crippen molar-refractivity contribution in [3.63, 3.8) is 0 Å². The Morgan fingerprint density at radius 3 is 2.88 bits per heavy atom. The van der Waals surface area contributed by atoms with E-state index in [1.165, 1.54) is 0 Å². The van der Waals surface area contributed by atoms with E-state index in [2.05, 4.69) is 43.9 Å². The van der Waals surface area contributed by atoms with E-state index >= 15 is 0 Å². The maximum absolute atomic E-state index is 5.44. The van der Waals surface area contributed by atoms with Gasteiger partial charge >= 0.3 is 0 Å². The van der Waals surface area contributed by atoms with Crippen LogP contribution in [0.15, 0.2) is 24.8 Å². The van der Waals surface area contributed by atoms with Gasteiger partial charge in [-0.1, -0.05) is 0 Å². The van der Waals surface area contributed by atoms with Gasteiger partial charge in [-0.25, -0.2) is 9.97 Å². The van der Waals surface area contributed by atoms with Gasteiger partial charge in [-0.2, -0.15) is 5.10 Å². The molecule has 0 aliphatic carbocycles. The number of pyridine rings is 1. The van der Waals surface area contributed by atoms with Crippen LogP contribution < -0.4 is 5.32 Å². The van der Waals surface area contributed by atoms with Gasteiger partial charge in [-0.05, 0) is 32.8 Å². The molecule has 126 valence electrons. The summed E-state index contributed by atoms with van der Waals surface area (Å²) < 4.78 is 7.52. The average molecular weight is 326 g/mol. The molecule has 2 N–H and O–H groups in total. The summed E-state index contributed by atoms with van der Waals surface area (Å²) in [6.45, 7) is 5.86. The highest BCUT2D eigenvalue weighted by atomic mass is 16.5. The largest absolute Gasteiger partial charge is 0.381 e. The first-order valence-corrected chi connectivity index (χ1v) is 8.43. The van der Waals surface area contributed by atoms with Crippen LogP contribution in [0, 0.1) is 0 Å². The first-order chi connectivity index (χ1) is 11.7. The van der Waals surface area contributed by atoms with Crippen LogP contribution in [0.4, 0.5) is 5.82 Å². The van der Waals surface area contributed by atoms with Gasteiger partial charge in [-0.3, -0.25) is 5.10 Å². The molecule has 24 heavy (non-hydrogen) atoms. The van der Waals surface area contributed by atoms with E-state index in [9.17, 15) is 0 Å². The Morgan fingerprint density at radius 1 is 1.29 bits per heavy atom. The lowest BCUT2D eigenvalue weighted by atomic mass is 10.1. The third-order valence-corrected chi connectivity index (χ3v) is 4.48. The fraction of sp³-hybridized carbons (Fsp3) is 0.471. The molecular weight excluding hydrogens is 304 g/mol. The fourth-order valence-electron chi connectivity index (χ4n) is 3.04. The van der Waals surface area contributed by atoms with Gasteiger partial charge in [-0.15, -0.1) is 0 Å². The smallest absolute Gasteiger partial charge is 0.137 e. The predicted octanol–water partition coefficient (Wildman–Crippen LogP) is 2.99. The number of rotatable bonds is 4. The molecule has 0 atom stereocenters. The summed E-state index contributed by atoms with van der Waals surface area (Å²) in [7, 11) is 0. The minimum atomic E-state index is 0.370. The Kier molecular flexibility index (Phi) is 3.93. The lowest BCUT2D eigenvalue weighted by Gasteiger charge is -2.23. The average Bonchev–Trinajstić information content (AvgIpc) is 3.23. The normalized spacial score (nSPS) is 16.1. The molecule has 0 spiro atoms. The summed E-state index contributed by atoms with van der Waals surface area (Å²) in [6.07, 6.45) is 7.67. The molecule has 3 aromatic heterocycles. The van der Waals surface area contributed by atoms with Crippen molar-refractivity contribution in [2.75, 3.05) is 18.5 Å². The number of H-pyrrole nitrogens is 1. The second-order valence-corrected chi connectivity index (χ2v) is 6.49. The summed E-state index contributed by atoms with van der Waals surface area (Å²) in [4.78, 5) is 9.08. The number of anilines is 1. The zero-order valence-electron chi connectivity index (χ0n) is 14.0. The highest BCUT2D eigenvalue weighted by Crippen LogP contribution is 2.31. The van der Waals surface area contributed by atoms with Crippen molar-refractivity contribution in [3.05, 3.63) is 24.8 Å². The van der Waals surface area contributed by atoms with E-state index in [0.29, 0.717) is 12.1 Å². The third-order valence-electron chi connectivity index (χ3n) is 4.48. The summed E-state index contributed by atoms with van der Waals surface area (Å²) in [6, 6.07) is 2.70. The number of ether oxygens (including phenoxy) is 1. The molecule has 0 saturated carbocycles. The molecule has 3 aromatic rings. The van der Waals surface area contributed by atoms with Crippen molar-refractivity contribution in [2.24, 2.45) is 0 Å². The van der Waals surface area contributed by atoms with Gasteiger partial charge in [0.2, 0.25) is 0 Å². The minimum absolute atomic E-state index is 0.370. The second kappa shape index (κ2) is 6.24. The summed E-state index contributed by atoms with van der Waals surface area (Å²) in [5, 5.41) is 12.1. The summed E-state index contributed by atoms with van der Waals surface area (Å²) >= 11 is 0. The Balaban J connectivity index is 1.73. The Bertz CT molecular complexity index is 831. The van der Waals surface area contributed by atoms with Crippen molar-refractivity contribution < 1.29 is 4.74 Å². The van der Waals surface area contributed by atoms with E-state index in [0.717, 1.165) is 54.2 Å². The Hall–Kier alpha value is -2.41. The molecule has 0 unspecified atom stereocenters. The van der Waals surface area contributed by atoms with Crippen molar-refractivity contribution in [2.45, 2.75) is 38.8 Å². The Labute approximate surface area is 140 Å². The topological polar surface area (TPSA) is 80.7 Å². The van der Waals surface area contributed by atoms with E-state index in [1.54, 1.807) is 6.20 Å². The van der Waals surface area contributed by atoms with Crippen LogP contribution in [0.2, 0.25) is 0 Å². The molecule has 0 aromatic carbocycles. The number of aromatic amines is 1. The van der Waals surface area contributed by atoms with Crippen LogP contribution in [-0.4, -0.2) is 44.0 Å². The van der Waals surface area contributed by atoms with Gasteiger partial charge in [0.25, 0.3) is 0 Å². The molecule has 4 rings (SSSR count). The molecule has 1 saturated heterocycles. The van der Waals surface area contributed by atoms with Gasteiger partial charge in [0.05, 0.1) is 17.2 Å². The van der Waals surface area contributed by atoms with Crippen LogP contribution >= 0.6 is 0 Å². The Morgan fingerprint density at radius 2 is 2.12 bits per heavy atom. The summed E-state index contributed by atoms with van der Waals surface area (Å²) in [5.41, 5.74) is 2.67. The van der Waals surface area contributed by atoms with Gasteiger partial charge in [0.1, 0.15) is 17.2 Å². The van der Waals surface area contributed by atoms with Crippen molar-refractivity contribution in [1.29, 1.82) is 0 Å². The quantitative estimate of drug-likeness (QED) is 0.770. The molecule has 1 fully saturated rings. The molecule has 4 heterocycles. The molecule has 7 nitrogen and oxygen atoms in total. The zero-order valence-corrected chi connectivity index (χ0v) is 14.0. The number of hydrogen-bond donors (Lipinski definition) is 2. The number of nitrogens with one attached hydrogen (secondary N) is 2. The van der Waals surface area contributed by atoms with E-state index in [1.807, 2.05) is 18.6 Å². The molecule has 0 bridgehead atoms. The van der Waals surface area contributed by atoms with Crippen LogP contribution in [0.5, 0.6) is 0 Å². The van der Waals surface area contributed by atoms with Crippen LogP contribution in [0.3, 0.4) is 0 Å². The van der Waals surface area contributed by atoms with Crippen LogP contribution in [-0.2, 0) is 4.74 Å².